The number of ketones is 2. The van der Waals surface area contributed by atoms with Gasteiger partial charge in [0.25, 0.3) is 0 Å². The predicted octanol–water partition coefficient (Wildman–Crippen LogP) is 3.15. The van der Waals surface area contributed by atoms with Gasteiger partial charge in [-0.05, 0) is 55.8 Å². The fourth-order valence-electron chi connectivity index (χ4n) is 7.20. The molecular formula is C19H26O3. The molecule has 5 aliphatic rings. The van der Waals surface area contributed by atoms with Gasteiger partial charge in [0.2, 0.25) is 0 Å². The minimum absolute atomic E-state index is 0.0430. The highest BCUT2D eigenvalue weighted by atomic mass is 16.6. The van der Waals surface area contributed by atoms with Gasteiger partial charge >= 0.3 is 0 Å². The molecule has 0 N–H and O–H groups in total. The quantitative estimate of drug-likeness (QED) is 0.646. The van der Waals surface area contributed by atoms with E-state index in [2.05, 4.69) is 13.8 Å². The minimum Gasteiger partial charge on any atom is -0.361 e. The molecule has 0 spiro atoms. The molecule has 1 heterocycles. The number of carbonyl (C=O) groups is 2. The molecule has 4 aliphatic carbocycles. The van der Waals surface area contributed by atoms with E-state index in [0.29, 0.717) is 35.2 Å². The van der Waals surface area contributed by atoms with Gasteiger partial charge in [-0.3, -0.25) is 9.59 Å². The summed E-state index contributed by atoms with van der Waals surface area (Å²) in [5.74, 6) is 3.32. The third-order valence-corrected chi connectivity index (χ3v) is 8.54. The summed E-state index contributed by atoms with van der Waals surface area (Å²) in [6.07, 6.45) is 7.35. The van der Waals surface area contributed by atoms with Crippen LogP contribution in [0.4, 0.5) is 0 Å². The van der Waals surface area contributed by atoms with Gasteiger partial charge in [0, 0.05) is 23.7 Å². The van der Waals surface area contributed by atoms with Crippen molar-refractivity contribution in [3.05, 3.63) is 0 Å². The largest absolute Gasteiger partial charge is 0.361 e. The van der Waals surface area contributed by atoms with Crippen LogP contribution >= 0.6 is 0 Å². The van der Waals surface area contributed by atoms with Gasteiger partial charge in [0.1, 0.15) is 11.9 Å². The number of hydrogen-bond acceptors (Lipinski definition) is 3. The first kappa shape index (κ1) is 13.7. The van der Waals surface area contributed by atoms with Crippen LogP contribution < -0.4 is 0 Å². The number of carbonyl (C=O) groups excluding carboxylic acids is 2. The van der Waals surface area contributed by atoms with Gasteiger partial charge < -0.3 is 4.74 Å². The third kappa shape index (κ3) is 1.43. The van der Waals surface area contributed by atoms with Crippen molar-refractivity contribution in [2.24, 2.45) is 34.5 Å². The molecule has 3 heteroatoms. The van der Waals surface area contributed by atoms with Gasteiger partial charge in [-0.2, -0.15) is 0 Å². The van der Waals surface area contributed by atoms with E-state index in [0.717, 1.165) is 38.5 Å². The first-order valence-electron chi connectivity index (χ1n) is 9.17. The zero-order valence-electron chi connectivity index (χ0n) is 13.6. The van der Waals surface area contributed by atoms with Crippen molar-refractivity contribution < 1.29 is 14.3 Å². The molecule has 0 unspecified atom stereocenters. The Hall–Kier alpha value is -0.700. The Morgan fingerprint density at radius 2 is 1.86 bits per heavy atom. The molecular weight excluding hydrogens is 276 g/mol. The number of Topliss-reactive ketones (excluding diaryl/α,β-unsaturated/α-hetero) is 2. The summed E-state index contributed by atoms with van der Waals surface area (Å²) in [5, 5.41) is 0. The van der Waals surface area contributed by atoms with Crippen molar-refractivity contribution in [3.8, 4) is 0 Å². The van der Waals surface area contributed by atoms with Crippen molar-refractivity contribution in [2.45, 2.75) is 71.0 Å². The van der Waals surface area contributed by atoms with Crippen molar-refractivity contribution in [1.29, 1.82) is 0 Å². The topological polar surface area (TPSA) is 46.7 Å². The van der Waals surface area contributed by atoms with Crippen LogP contribution in [0, 0.1) is 34.5 Å². The lowest BCUT2D eigenvalue weighted by atomic mass is 9.45. The average Bonchev–Trinajstić information content (AvgIpc) is 3.24. The summed E-state index contributed by atoms with van der Waals surface area (Å²) in [6.45, 7) is 4.64. The molecule has 22 heavy (non-hydrogen) atoms. The Morgan fingerprint density at radius 1 is 1.05 bits per heavy atom. The Bertz CT molecular complexity index is 569. The van der Waals surface area contributed by atoms with Crippen LogP contribution in [0.5, 0.6) is 0 Å². The van der Waals surface area contributed by atoms with Crippen molar-refractivity contribution in [2.75, 3.05) is 0 Å². The normalized spacial score (nSPS) is 59.4. The fraction of sp³-hybridized carbons (Fsp3) is 0.895. The zero-order chi connectivity index (χ0) is 15.3. The van der Waals surface area contributed by atoms with E-state index in [1.165, 1.54) is 6.42 Å². The monoisotopic (exact) mass is 302 g/mol. The second-order valence-corrected chi connectivity index (χ2v) is 9.08. The van der Waals surface area contributed by atoms with E-state index in [-0.39, 0.29) is 23.0 Å². The number of hydrogen-bond donors (Lipinski definition) is 0. The smallest absolute Gasteiger partial charge is 0.164 e. The lowest BCUT2D eigenvalue weighted by molar-refractivity contribution is -0.141. The highest BCUT2D eigenvalue weighted by Crippen LogP contribution is 2.67. The molecule has 1 aliphatic heterocycles. The molecule has 4 saturated carbocycles. The standard InChI is InChI=1S/C19H26O3/c1-18-8-7-13-11(12(18)5-6-15(18)21)4-3-10-9-14(20)16-17(22-16)19(10,13)2/h10-13,16-17H,3-9H2,1-2H3/t10-,11-,12-,13-,16-,17-,18-,19-/m0/s1. The molecule has 5 rings (SSSR count). The summed E-state index contributed by atoms with van der Waals surface area (Å²) in [4.78, 5) is 24.5. The Morgan fingerprint density at radius 3 is 2.68 bits per heavy atom. The Labute approximate surface area is 132 Å². The second-order valence-electron chi connectivity index (χ2n) is 9.08. The molecule has 8 atom stereocenters. The summed E-state index contributed by atoms with van der Waals surface area (Å²) in [7, 11) is 0. The van der Waals surface area contributed by atoms with Crippen LogP contribution in [-0.2, 0) is 14.3 Å². The van der Waals surface area contributed by atoms with Crippen molar-refractivity contribution >= 4 is 11.6 Å². The second kappa shape index (κ2) is 4.03. The lowest BCUT2D eigenvalue weighted by Gasteiger charge is -2.58. The lowest BCUT2D eigenvalue weighted by Crippen LogP contribution is -2.56. The Balaban J connectivity index is 1.51. The van der Waals surface area contributed by atoms with Gasteiger partial charge in [0.05, 0.1) is 6.10 Å². The maximum absolute atomic E-state index is 12.4. The molecule has 120 valence electrons. The SMILES string of the molecule is C[C@]12[C@@H](CC[C@@H]3[C@@H]1CC[C@]1(C)C(=O)CC[C@@H]31)CC(=O)[C@@H]1O[C@@H]12. The number of fused-ring (bicyclic) bond motifs is 7. The zero-order valence-corrected chi connectivity index (χ0v) is 13.6. The van der Waals surface area contributed by atoms with Crippen LogP contribution in [0.15, 0.2) is 0 Å². The molecule has 0 amide bonds. The maximum Gasteiger partial charge on any atom is 0.164 e. The van der Waals surface area contributed by atoms with E-state index >= 15 is 0 Å². The van der Waals surface area contributed by atoms with E-state index in [1.807, 2.05) is 0 Å². The number of ether oxygens (including phenoxy) is 1. The van der Waals surface area contributed by atoms with E-state index in [1.54, 1.807) is 0 Å². The van der Waals surface area contributed by atoms with Gasteiger partial charge in [0.15, 0.2) is 5.78 Å². The van der Waals surface area contributed by atoms with Crippen LogP contribution in [0.3, 0.4) is 0 Å². The van der Waals surface area contributed by atoms with Crippen LogP contribution in [-0.4, -0.2) is 23.8 Å². The maximum atomic E-state index is 12.4. The average molecular weight is 302 g/mol. The first-order valence-corrected chi connectivity index (χ1v) is 9.17. The Kier molecular flexibility index (Phi) is 2.51. The third-order valence-electron chi connectivity index (χ3n) is 8.54. The van der Waals surface area contributed by atoms with E-state index in [9.17, 15) is 9.59 Å². The molecule has 5 fully saturated rings. The van der Waals surface area contributed by atoms with Gasteiger partial charge in [-0.1, -0.05) is 13.8 Å². The predicted molar refractivity (Wildman–Crippen MR) is 81.2 cm³/mol. The molecule has 3 nitrogen and oxygen atoms in total. The molecule has 0 aromatic carbocycles. The summed E-state index contributed by atoms with van der Waals surface area (Å²) < 4.78 is 5.85. The van der Waals surface area contributed by atoms with Gasteiger partial charge in [-0.25, -0.2) is 0 Å². The number of epoxide rings is 1. The summed E-state index contributed by atoms with van der Waals surface area (Å²) in [6, 6.07) is 0. The first-order chi connectivity index (χ1) is 10.5. The highest BCUT2D eigenvalue weighted by Gasteiger charge is 2.69. The van der Waals surface area contributed by atoms with Crippen LogP contribution in [0.25, 0.3) is 0 Å². The number of rotatable bonds is 0. The summed E-state index contributed by atoms with van der Waals surface area (Å²) >= 11 is 0. The van der Waals surface area contributed by atoms with Gasteiger partial charge in [-0.15, -0.1) is 0 Å². The molecule has 0 aromatic heterocycles. The molecule has 0 bridgehead atoms. The van der Waals surface area contributed by atoms with E-state index in [4.69, 9.17) is 4.74 Å². The van der Waals surface area contributed by atoms with E-state index < -0.39 is 0 Å². The molecule has 0 aromatic rings. The van der Waals surface area contributed by atoms with Crippen LogP contribution in [0.2, 0.25) is 0 Å². The highest BCUT2D eigenvalue weighted by molar-refractivity contribution is 5.88. The fourth-order valence-corrected chi connectivity index (χ4v) is 7.20. The minimum atomic E-state index is -0.0847. The van der Waals surface area contributed by atoms with Crippen molar-refractivity contribution in [1.82, 2.24) is 0 Å². The van der Waals surface area contributed by atoms with Crippen LogP contribution in [0.1, 0.15) is 58.8 Å². The molecule has 0 radical (unpaired) electrons. The van der Waals surface area contributed by atoms with Crippen molar-refractivity contribution in [3.63, 3.8) is 0 Å². The molecule has 1 saturated heterocycles. The summed E-state index contributed by atoms with van der Waals surface area (Å²) in [5.41, 5.74) is 0.146.